The van der Waals surface area contributed by atoms with E-state index in [1.807, 2.05) is 44.2 Å². The van der Waals surface area contributed by atoms with Crippen molar-refractivity contribution < 1.29 is 37.4 Å². The third-order valence-electron chi connectivity index (χ3n) is 8.41. The molecule has 1 spiro atoms. The number of nitrogens with one attached hydrogen (secondary N) is 2. The Kier molecular flexibility index (Phi) is 9.38. The van der Waals surface area contributed by atoms with Gasteiger partial charge in [-0.15, -0.1) is 0 Å². The van der Waals surface area contributed by atoms with Gasteiger partial charge in [-0.05, 0) is 45.1 Å². The summed E-state index contributed by atoms with van der Waals surface area (Å²) in [7, 11) is -3.05. The van der Waals surface area contributed by atoms with Gasteiger partial charge in [0.15, 0.2) is 23.2 Å². The summed E-state index contributed by atoms with van der Waals surface area (Å²) in [6, 6.07) is 11.8. The zero-order valence-corrected chi connectivity index (χ0v) is 27.5. The maximum Gasteiger partial charge on any atom is 0.459 e. The second kappa shape index (κ2) is 13.3. The number of rotatable bonds is 9. The normalized spacial score (nSPS) is 24.9. The molecule has 252 valence electrons. The summed E-state index contributed by atoms with van der Waals surface area (Å²) >= 11 is 0. The fourth-order valence-corrected chi connectivity index (χ4v) is 7.64. The molecule has 2 aromatic heterocycles. The smallest absolute Gasteiger partial charge is 0.459 e. The standard InChI is InChI=1S/C31H39N6O9P/c1-18(29(39)41-4)36-47(40,46-23-13-9-11-21-10-5-6-12-22(21)23)42-16-24-19(2)44-31(14-7-8-15-31)45-20(3)28(43-24)37-17-33-25-26(37)34-30(32)35-27(25)38/h5-6,9-13,17-20,24,28H,7-8,14-16H2,1-4H3,(H,36,40)(H3,32,34,35,38)/t18-,19+,20?,24+,28+,47?/m0/s1. The van der Waals surface area contributed by atoms with E-state index in [9.17, 15) is 14.2 Å². The maximum absolute atomic E-state index is 14.5. The molecular weight excluding hydrogens is 631 g/mol. The number of benzene rings is 2. The van der Waals surface area contributed by atoms with E-state index in [4.69, 9.17) is 33.7 Å². The lowest BCUT2D eigenvalue weighted by Gasteiger charge is -2.43. The number of carbonyl (C=O) groups excluding carboxylic acids is 1. The van der Waals surface area contributed by atoms with Crippen molar-refractivity contribution >= 4 is 41.6 Å². The number of esters is 1. The van der Waals surface area contributed by atoms with Crippen LogP contribution >= 0.6 is 7.75 Å². The Bertz CT molecular complexity index is 1850. The second-order valence-corrected chi connectivity index (χ2v) is 13.5. The van der Waals surface area contributed by atoms with E-state index in [-0.39, 0.29) is 23.7 Å². The molecule has 1 saturated carbocycles. The van der Waals surface area contributed by atoms with Crippen molar-refractivity contribution in [2.45, 2.75) is 82.8 Å². The number of nitrogen functional groups attached to an aromatic ring is 1. The van der Waals surface area contributed by atoms with Gasteiger partial charge in [-0.2, -0.15) is 10.1 Å². The Balaban J connectivity index is 1.34. The lowest BCUT2D eigenvalue weighted by molar-refractivity contribution is -0.334. The summed E-state index contributed by atoms with van der Waals surface area (Å²) < 4.78 is 52.7. The van der Waals surface area contributed by atoms with E-state index in [1.54, 1.807) is 16.7 Å². The molecule has 0 radical (unpaired) electrons. The molecule has 3 heterocycles. The van der Waals surface area contributed by atoms with Crippen LogP contribution in [0.4, 0.5) is 5.95 Å². The highest BCUT2D eigenvalue weighted by atomic mass is 31.2. The first-order valence-electron chi connectivity index (χ1n) is 15.5. The minimum absolute atomic E-state index is 0.0789. The van der Waals surface area contributed by atoms with Crippen molar-refractivity contribution in [2.75, 3.05) is 19.5 Å². The van der Waals surface area contributed by atoms with Crippen LogP contribution in [-0.4, -0.2) is 69.3 Å². The Hall–Kier alpha value is -3.85. The quantitative estimate of drug-likeness (QED) is 0.170. The predicted octanol–water partition coefficient (Wildman–Crippen LogP) is 4.19. The molecule has 0 bridgehead atoms. The molecule has 0 amide bonds. The summed E-state index contributed by atoms with van der Waals surface area (Å²) in [5.74, 6) is -1.33. The number of aromatic nitrogens is 4. The monoisotopic (exact) mass is 670 g/mol. The Morgan fingerprint density at radius 1 is 1.17 bits per heavy atom. The van der Waals surface area contributed by atoms with Gasteiger partial charge in [-0.1, -0.05) is 36.4 Å². The largest absolute Gasteiger partial charge is 0.468 e. The van der Waals surface area contributed by atoms with Crippen LogP contribution in [0.15, 0.2) is 53.6 Å². The lowest BCUT2D eigenvalue weighted by Crippen LogP contribution is -2.50. The third kappa shape index (κ3) is 6.91. The number of methoxy groups -OCH3 is 1. The summed E-state index contributed by atoms with van der Waals surface area (Å²) in [6.07, 6.45) is 1.65. The number of aromatic amines is 1. The van der Waals surface area contributed by atoms with Gasteiger partial charge in [0.25, 0.3) is 5.56 Å². The fraction of sp³-hybridized carbons (Fsp3) is 0.484. The van der Waals surface area contributed by atoms with Crippen LogP contribution in [0.5, 0.6) is 5.75 Å². The van der Waals surface area contributed by atoms with Gasteiger partial charge in [-0.25, -0.2) is 9.55 Å². The highest BCUT2D eigenvalue weighted by Crippen LogP contribution is 2.48. The van der Waals surface area contributed by atoms with Crippen LogP contribution < -0.4 is 20.9 Å². The van der Waals surface area contributed by atoms with Gasteiger partial charge in [0.05, 0.1) is 26.1 Å². The molecule has 4 N–H and O–H groups in total. The average molecular weight is 671 g/mol. The van der Waals surface area contributed by atoms with Gasteiger partial charge < -0.3 is 29.2 Å². The van der Waals surface area contributed by atoms with Crippen molar-refractivity contribution in [3.05, 3.63) is 59.1 Å². The third-order valence-corrected chi connectivity index (χ3v) is 10.0. The molecule has 2 aliphatic rings. The first-order valence-corrected chi connectivity index (χ1v) is 17.0. The van der Waals surface area contributed by atoms with Crippen molar-refractivity contribution in [1.82, 2.24) is 24.6 Å². The first kappa shape index (κ1) is 33.1. The number of imidazole rings is 1. The molecule has 2 fully saturated rings. The number of ether oxygens (including phenoxy) is 4. The number of nitrogens with zero attached hydrogens (tertiary/aromatic N) is 3. The molecule has 1 aliphatic carbocycles. The lowest BCUT2D eigenvalue weighted by atomic mass is 10.1. The van der Waals surface area contributed by atoms with Crippen molar-refractivity contribution in [3.8, 4) is 5.75 Å². The molecule has 4 aromatic rings. The minimum Gasteiger partial charge on any atom is -0.468 e. The zero-order chi connectivity index (χ0) is 33.3. The van der Waals surface area contributed by atoms with E-state index in [1.165, 1.54) is 20.4 Å². The summed E-state index contributed by atoms with van der Waals surface area (Å²) in [6.45, 7) is 4.86. The van der Waals surface area contributed by atoms with Crippen LogP contribution in [0.3, 0.4) is 0 Å². The Morgan fingerprint density at radius 2 is 1.89 bits per heavy atom. The molecule has 6 atom stereocenters. The number of anilines is 1. The topological polar surface area (TPSA) is 191 Å². The molecule has 47 heavy (non-hydrogen) atoms. The van der Waals surface area contributed by atoms with Crippen molar-refractivity contribution in [1.29, 1.82) is 0 Å². The van der Waals surface area contributed by atoms with Crippen LogP contribution in [0.1, 0.15) is 52.7 Å². The maximum atomic E-state index is 14.5. The van der Waals surface area contributed by atoms with Gasteiger partial charge in [0, 0.05) is 18.2 Å². The van der Waals surface area contributed by atoms with E-state index in [0.29, 0.717) is 24.0 Å². The predicted molar refractivity (Wildman–Crippen MR) is 172 cm³/mol. The Morgan fingerprint density at radius 3 is 2.66 bits per heavy atom. The second-order valence-electron chi connectivity index (χ2n) is 11.8. The molecule has 1 aliphatic heterocycles. The first-order chi connectivity index (χ1) is 22.5. The number of H-pyrrole nitrogens is 1. The van der Waals surface area contributed by atoms with E-state index in [2.05, 4.69) is 20.0 Å². The van der Waals surface area contributed by atoms with Crippen LogP contribution in [0, 0.1) is 0 Å². The fourth-order valence-electron chi connectivity index (χ4n) is 6.12. The highest BCUT2D eigenvalue weighted by Gasteiger charge is 2.46. The highest BCUT2D eigenvalue weighted by molar-refractivity contribution is 7.52. The molecule has 2 aromatic carbocycles. The molecule has 16 heteroatoms. The summed E-state index contributed by atoms with van der Waals surface area (Å²) in [4.78, 5) is 36.0. The van der Waals surface area contributed by atoms with Crippen LogP contribution in [0.2, 0.25) is 0 Å². The van der Waals surface area contributed by atoms with Crippen molar-refractivity contribution in [2.24, 2.45) is 0 Å². The van der Waals surface area contributed by atoms with Crippen molar-refractivity contribution in [3.63, 3.8) is 0 Å². The summed E-state index contributed by atoms with van der Waals surface area (Å²) in [5.41, 5.74) is 5.67. The molecular formula is C31H39N6O9P. The zero-order valence-electron chi connectivity index (χ0n) is 26.6. The van der Waals surface area contributed by atoms with Crippen LogP contribution in [0.25, 0.3) is 21.9 Å². The SMILES string of the molecule is COC(=O)[C@H](C)NP(=O)(OC[C@H]1O[C@@H](n2cnc3c(=O)[nH]c(N)nc32)C(C)OC2(CCCC2)O[C@@H]1C)Oc1cccc2ccccc12. The van der Waals surface area contributed by atoms with Gasteiger partial charge in [0.1, 0.15) is 24.0 Å². The molecule has 6 rings (SSSR count). The van der Waals surface area contributed by atoms with E-state index >= 15 is 0 Å². The number of hydrogen-bond donors (Lipinski definition) is 3. The number of hydrogen-bond acceptors (Lipinski definition) is 12. The van der Waals surface area contributed by atoms with Gasteiger partial charge in [-0.3, -0.25) is 23.7 Å². The summed E-state index contributed by atoms with van der Waals surface area (Å²) in [5, 5.41) is 4.28. The van der Waals surface area contributed by atoms with Gasteiger partial charge in [0.2, 0.25) is 5.95 Å². The minimum atomic E-state index is -4.28. The number of nitrogens with two attached hydrogens (primary N) is 1. The molecule has 1 saturated heterocycles. The van der Waals surface area contributed by atoms with E-state index in [0.717, 1.165) is 18.2 Å². The van der Waals surface area contributed by atoms with Crippen LogP contribution in [-0.2, 0) is 32.8 Å². The number of fused-ring (bicyclic) bond motifs is 2. The average Bonchev–Trinajstić information content (AvgIpc) is 3.67. The van der Waals surface area contributed by atoms with E-state index < -0.39 is 55.6 Å². The Labute approximate surface area is 270 Å². The molecule has 15 nitrogen and oxygen atoms in total. The molecule has 2 unspecified atom stereocenters. The van der Waals surface area contributed by atoms with Gasteiger partial charge >= 0.3 is 13.7 Å². The number of carbonyl (C=O) groups is 1.